The van der Waals surface area contributed by atoms with Gasteiger partial charge in [-0.2, -0.15) is 0 Å². The number of hydrogen-bond acceptors (Lipinski definition) is 10. The standard InChI is InChI=1S/C26H36O10/c1-9-14(3)23(27)35-17(6)26(7,30)25(29)34-16(5)21(36-24(28)15(4)10-2)18-11-19(31-8)22-20(12-18)32-13-33-22/h10-12,14,16-17,21,30H,9,13H2,1-8H3/t14-,16+,17+,21+,26-/m1/s1. The molecule has 0 amide bonds. The summed E-state index contributed by atoms with van der Waals surface area (Å²) in [4.78, 5) is 37.8. The van der Waals surface area contributed by atoms with Crippen molar-refractivity contribution in [1.29, 1.82) is 0 Å². The Morgan fingerprint density at radius 1 is 1.14 bits per heavy atom. The van der Waals surface area contributed by atoms with E-state index in [1.165, 1.54) is 27.9 Å². The Morgan fingerprint density at radius 3 is 2.39 bits per heavy atom. The molecule has 5 atom stereocenters. The van der Waals surface area contributed by atoms with Crippen LogP contribution in [0.15, 0.2) is 23.8 Å². The molecule has 2 rings (SSSR count). The van der Waals surface area contributed by atoms with Crippen molar-refractivity contribution in [2.75, 3.05) is 13.9 Å². The first-order valence-corrected chi connectivity index (χ1v) is 11.8. The summed E-state index contributed by atoms with van der Waals surface area (Å²) in [5.74, 6) is -1.46. The van der Waals surface area contributed by atoms with Crippen LogP contribution < -0.4 is 14.2 Å². The van der Waals surface area contributed by atoms with E-state index in [-0.39, 0.29) is 6.79 Å². The van der Waals surface area contributed by atoms with Crippen molar-refractivity contribution in [2.45, 2.75) is 78.8 Å². The normalized spacial score (nSPS) is 17.8. The number of allylic oxidation sites excluding steroid dienone is 1. The van der Waals surface area contributed by atoms with Gasteiger partial charge in [0.25, 0.3) is 0 Å². The molecule has 0 aromatic heterocycles. The van der Waals surface area contributed by atoms with Crippen molar-refractivity contribution in [3.05, 3.63) is 29.3 Å². The second kappa shape index (κ2) is 12.1. The molecule has 0 fully saturated rings. The average Bonchev–Trinajstić information content (AvgIpc) is 3.33. The predicted octanol–water partition coefficient (Wildman–Crippen LogP) is 3.63. The molecular formula is C26H36O10. The van der Waals surface area contributed by atoms with Crippen LogP contribution in [0.1, 0.15) is 66.6 Å². The lowest BCUT2D eigenvalue weighted by atomic mass is 9.99. The minimum atomic E-state index is -2.16. The van der Waals surface area contributed by atoms with Crippen LogP contribution in [0.3, 0.4) is 0 Å². The van der Waals surface area contributed by atoms with E-state index in [0.717, 1.165) is 0 Å². The molecule has 0 saturated heterocycles. The Labute approximate surface area is 211 Å². The molecule has 1 aliphatic heterocycles. The molecule has 1 N–H and O–H groups in total. The molecule has 0 aliphatic carbocycles. The highest BCUT2D eigenvalue weighted by molar-refractivity contribution is 5.88. The van der Waals surface area contributed by atoms with Gasteiger partial charge in [0.05, 0.1) is 13.0 Å². The topological polar surface area (TPSA) is 127 Å². The number of rotatable bonds is 11. The van der Waals surface area contributed by atoms with Crippen LogP contribution >= 0.6 is 0 Å². The monoisotopic (exact) mass is 508 g/mol. The van der Waals surface area contributed by atoms with Crippen molar-refractivity contribution < 1.29 is 47.9 Å². The molecule has 1 heterocycles. The first-order chi connectivity index (χ1) is 16.9. The maximum Gasteiger partial charge on any atom is 0.342 e. The zero-order chi connectivity index (χ0) is 27.2. The predicted molar refractivity (Wildman–Crippen MR) is 129 cm³/mol. The lowest BCUT2D eigenvalue weighted by Crippen LogP contribution is -2.50. The van der Waals surface area contributed by atoms with E-state index in [9.17, 15) is 19.5 Å². The van der Waals surface area contributed by atoms with Gasteiger partial charge in [-0.1, -0.05) is 19.9 Å². The van der Waals surface area contributed by atoms with E-state index in [2.05, 4.69) is 0 Å². The number of aliphatic hydroxyl groups is 1. The third-order valence-electron chi connectivity index (χ3n) is 6.23. The quantitative estimate of drug-likeness (QED) is 0.269. The Bertz CT molecular complexity index is 997. The van der Waals surface area contributed by atoms with Crippen LogP contribution in [0.2, 0.25) is 0 Å². The minimum absolute atomic E-state index is 0.00204. The Hall–Kier alpha value is -3.27. The number of ether oxygens (including phenoxy) is 6. The maximum atomic E-state index is 13.0. The van der Waals surface area contributed by atoms with Crippen LogP contribution in [-0.2, 0) is 28.6 Å². The zero-order valence-corrected chi connectivity index (χ0v) is 22.1. The number of hydrogen-bond donors (Lipinski definition) is 1. The first kappa shape index (κ1) is 29.0. The fraction of sp³-hybridized carbons (Fsp3) is 0.577. The molecule has 0 radical (unpaired) electrons. The molecule has 10 heteroatoms. The van der Waals surface area contributed by atoms with Gasteiger partial charge in [-0.05, 0) is 53.2 Å². The van der Waals surface area contributed by atoms with Crippen LogP contribution in [0, 0.1) is 5.92 Å². The number of fused-ring (bicyclic) bond motifs is 1. The second-order valence-corrected chi connectivity index (χ2v) is 8.90. The summed E-state index contributed by atoms with van der Waals surface area (Å²) in [5.41, 5.74) is -1.38. The highest BCUT2D eigenvalue weighted by Gasteiger charge is 2.43. The summed E-state index contributed by atoms with van der Waals surface area (Å²) in [6.07, 6.45) is -1.19. The smallest absolute Gasteiger partial charge is 0.342 e. The molecule has 0 spiro atoms. The minimum Gasteiger partial charge on any atom is -0.493 e. The maximum absolute atomic E-state index is 13.0. The van der Waals surface area contributed by atoms with E-state index < -0.39 is 47.7 Å². The third-order valence-corrected chi connectivity index (χ3v) is 6.23. The average molecular weight is 509 g/mol. The van der Waals surface area contributed by atoms with Gasteiger partial charge in [0.1, 0.15) is 12.2 Å². The van der Waals surface area contributed by atoms with E-state index >= 15 is 0 Å². The van der Waals surface area contributed by atoms with Gasteiger partial charge in [-0.3, -0.25) is 4.79 Å². The highest BCUT2D eigenvalue weighted by Crippen LogP contribution is 2.44. The van der Waals surface area contributed by atoms with Crippen LogP contribution in [0.5, 0.6) is 17.2 Å². The van der Waals surface area contributed by atoms with Crippen LogP contribution in [0.25, 0.3) is 0 Å². The van der Waals surface area contributed by atoms with Gasteiger partial charge in [0.15, 0.2) is 23.2 Å². The summed E-state index contributed by atoms with van der Waals surface area (Å²) in [6, 6.07) is 3.20. The fourth-order valence-corrected chi connectivity index (χ4v) is 3.16. The first-order valence-electron chi connectivity index (χ1n) is 11.8. The fourth-order valence-electron chi connectivity index (χ4n) is 3.16. The largest absolute Gasteiger partial charge is 0.493 e. The Kier molecular flexibility index (Phi) is 9.75. The molecular weight excluding hydrogens is 472 g/mol. The molecule has 10 nitrogen and oxygen atoms in total. The van der Waals surface area contributed by atoms with Crippen molar-refractivity contribution in [1.82, 2.24) is 0 Å². The number of esters is 3. The molecule has 1 aromatic carbocycles. The van der Waals surface area contributed by atoms with E-state index in [0.29, 0.717) is 34.8 Å². The van der Waals surface area contributed by atoms with Crippen LogP contribution in [0.4, 0.5) is 0 Å². The van der Waals surface area contributed by atoms with Crippen molar-refractivity contribution in [3.8, 4) is 17.2 Å². The summed E-state index contributed by atoms with van der Waals surface area (Å²) >= 11 is 0. The van der Waals surface area contributed by atoms with Gasteiger partial charge in [-0.15, -0.1) is 0 Å². The van der Waals surface area contributed by atoms with E-state index in [1.54, 1.807) is 39.0 Å². The third kappa shape index (κ3) is 6.48. The van der Waals surface area contributed by atoms with Gasteiger partial charge in [-0.25, -0.2) is 9.59 Å². The number of carbonyl (C=O) groups is 3. The number of methoxy groups -OCH3 is 1. The van der Waals surface area contributed by atoms with Gasteiger partial charge in [0.2, 0.25) is 12.5 Å². The molecule has 1 aliphatic rings. The molecule has 0 saturated carbocycles. The molecule has 36 heavy (non-hydrogen) atoms. The Balaban J connectivity index is 2.32. The summed E-state index contributed by atoms with van der Waals surface area (Å²) < 4.78 is 32.8. The van der Waals surface area contributed by atoms with Gasteiger partial charge in [0, 0.05) is 11.1 Å². The van der Waals surface area contributed by atoms with Gasteiger partial charge >= 0.3 is 17.9 Å². The lowest BCUT2D eigenvalue weighted by Gasteiger charge is -2.31. The van der Waals surface area contributed by atoms with Crippen molar-refractivity contribution in [3.63, 3.8) is 0 Å². The second-order valence-electron chi connectivity index (χ2n) is 8.90. The van der Waals surface area contributed by atoms with E-state index in [4.69, 9.17) is 28.4 Å². The van der Waals surface area contributed by atoms with E-state index in [1.807, 2.05) is 6.92 Å². The number of carbonyl (C=O) groups excluding carboxylic acids is 3. The van der Waals surface area contributed by atoms with Gasteiger partial charge < -0.3 is 33.5 Å². The van der Waals surface area contributed by atoms with Crippen molar-refractivity contribution >= 4 is 17.9 Å². The van der Waals surface area contributed by atoms with Crippen LogP contribution in [-0.4, -0.2) is 54.7 Å². The highest BCUT2D eigenvalue weighted by atomic mass is 16.7. The summed E-state index contributed by atoms with van der Waals surface area (Å²) in [6.45, 7) is 10.9. The lowest BCUT2D eigenvalue weighted by molar-refractivity contribution is -0.194. The molecule has 0 unspecified atom stereocenters. The SMILES string of the molecule is CC=C(C)C(=O)O[C@H](c1cc(OC)c2c(c1)OCO2)[C@H](C)OC(=O)[C@](C)(O)[C@H](C)OC(=O)[C@H](C)CC. The Morgan fingerprint density at radius 2 is 1.81 bits per heavy atom. The van der Waals surface area contributed by atoms with Crippen molar-refractivity contribution in [2.24, 2.45) is 5.92 Å². The molecule has 1 aromatic rings. The molecule has 0 bridgehead atoms. The molecule has 200 valence electrons. The zero-order valence-electron chi connectivity index (χ0n) is 22.1. The summed E-state index contributed by atoms with van der Waals surface area (Å²) in [7, 11) is 1.45. The number of benzene rings is 1. The summed E-state index contributed by atoms with van der Waals surface area (Å²) in [5, 5.41) is 10.8.